The highest BCUT2D eigenvalue weighted by atomic mass is 19.1. The predicted molar refractivity (Wildman–Crippen MR) is 115 cm³/mol. The molecule has 0 radical (unpaired) electrons. The molecule has 30 heavy (non-hydrogen) atoms. The van der Waals surface area contributed by atoms with Crippen LogP contribution in [-0.4, -0.2) is 5.91 Å². The molecule has 0 bridgehead atoms. The lowest BCUT2D eigenvalue weighted by Crippen LogP contribution is -2.14. The van der Waals surface area contributed by atoms with Gasteiger partial charge < -0.3 is 10.1 Å². The summed E-state index contributed by atoms with van der Waals surface area (Å²) in [4.78, 5) is 12.5. The second-order valence-corrected chi connectivity index (χ2v) is 6.86. The fourth-order valence-corrected chi connectivity index (χ4v) is 2.80. The summed E-state index contributed by atoms with van der Waals surface area (Å²) in [6, 6.07) is 20.7. The van der Waals surface area contributed by atoms with Crippen LogP contribution in [0.4, 0.5) is 10.1 Å². The highest BCUT2D eigenvalue weighted by molar-refractivity contribution is 6.10. The Morgan fingerprint density at radius 2 is 1.77 bits per heavy atom. The van der Waals surface area contributed by atoms with E-state index in [0.29, 0.717) is 23.6 Å². The molecule has 0 spiro atoms. The maximum absolute atomic E-state index is 12.9. The first-order chi connectivity index (χ1) is 14.5. The number of anilines is 1. The quantitative estimate of drug-likeness (QED) is 0.435. The summed E-state index contributed by atoms with van der Waals surface area (Å²) in [6.45, 7) is 4.20. The molecule has 0 heterocycles. The first-order valence-electron chi connectivity index (χ1n) is 9.43. The van der Waals surface area contributed by atoms with E-state index in [1.165, 1.54) is 18.2 Å². The van der Waals surface area contributed by atoms with Gasteiger partial charge in [0, 0.05) is 5.69 Å². The number of benzene rings is 3. The average Bonchev–Trinajstić information content (AvgIpc) is 2.75. The Labute approximate surface area is 175 Å². The Morgan fingerprint density at radius 3 is 2.43 bits per heavy atom. The fourth-order valence-electron chi connectivity index (χ4n) is 2.80. The molecule has 1 N–H and O–H groups in total. The van der Waals surface area contributed by atoms with Gasteiger partial charge in [0.1, 0.15) is 29.8 Å². The van der Waals surface area contributed by atoms with Gasteiger partial charge in [-0.05, 0) is 72.5 Å². The van der Waals surface area contributed by atoms with Gasteiger partial charge in [0.25, 0.3) is 5.91 Å². The zero-order chi connectivity index (χ0) is 21.5. The number of nitrogens with one attached hydrogen (secondary N) is 1. The topological polar surface area (TPSA) is 62.1 Å². The number of halogens is 1. The van der Waals surface area contributed by atoms with Crippen LogP contribution in [0, 0.1) is 31.0 Å². The SMILES string of the molecule is Cc1cccc(NC(=O)/C(C#N)=C/c2ccc(OCc3ccc(F)cc3)cc2)c1C. The maximum Gasteiger partial charge on any atom is 0.266 e. The summed E-state index contributed by atoms with van der Waals surface area (Å²) in [7, 11) is 0. The number of aryl methyl sites for hydroxylation is 1. The number of carbonyl (C=O) groups excluding carboxylic acids is 1. The highest BCUT2D eigenvalue weighted by Gasteiger charge is 2.11. The molecule has 0 aliphatic heterocycles. The number of ether oxygens (including phenoxy) is 1. The van der Waals surface area contributed by atoms with Crippen LogP contribution in [0.2, 0.25) is 0 Å². The summed E-state index contributed by atoms with van der Waals surface area (Å²) in [5.74, 6) is -0.109. The summed E-state index contributed by atoms with van der Waals surface area (Å²) < 4.78 is 18.6. The monoisotopic (exact) mass is 400 g/mol. The van der Waals surface area contributed by atoms with Crippen molar-refractivity contribution in [2.75, 3.05) is 5.32 Å². The van der Waals surface area contributed by atoms with Crippen molar-refractivity contribution in [2.45, 2.75) is 20.5 Å². The van der Waals surface area contributed by atoms with Crippen molar-refractivity contribution in [3.63, 3.8) is 0 Å². The van der Waals surface area contributed by atoms with E-state index in [1.54, 1.807) is 36.4 Å². The van der Waals surface area contributed by atoms with E-state index in [2.05, 4.69) is 5.32 Å². The minimum Gasteiger partial charge on any atom is -0.489 e. The molecule has 0 aromatic heterocycles. The van der Waals surface area contributed by atoms with Crippen molar-refractivity contribution in [2.24, 2.45) is 0 Å². The standard InChI is InChI=1S/C25H21FN2O2/c1-17-4-3-5-24(18(17)2)28-25(29)21(15-27)14-19-8-12-23(13-9-19)30-16-20-6-10-22(26)11-7-20/h3-14H,16H2,1-2H3,(H,28,29)/b21-14+. The highest BCUT2D eigenvalue weighted by Crippen LogP contribution is 2.20. The third-order valence-electron chi connectivity index (χ3n) is 4.73. The molecule has 0 saturated carbocycles. The molecule has 0 unspecified atom stereocenters. The predicted octanol–water partition coefficient (Wildman–Crippen LogP) is 5.57. The first kappa shape index (κ1) is 20.8. The van der Waals surface area contributed by atoms with Gasteiger partial charge in [-0.2, -0.15) is 5.26 Å². The fraction of sp³-hybridized carbons (Fsp3) is 0.120. The van der Waals surface area contributed by atoms with Crippen LogP contribution < -0.4 is 10.1 Å². The number of amides is 1. The van der Waals surface area contributed by atoms with Crippen molar-refractivity contribution >= 4 is 17.7 Å². The van der Waals surface area contributed by atoms with Crippen LogP contribution in [0.25, 0.3) is 6.08 Å². The molecule has 0 aliphatic rings. The summed E-state index contributed by atoms with van der Waals surface area (Å²) in [5, 5.41) is 12.2. The molecular formula is C25H21FN2O2. The summed E-state index contributed by atoms with van der Waals surface area (Å²) in [6.07, 6.45) is 1.53. The number of hydrogen-bond acceptors (Lipinski definition) is 3. The largest absolute Gasteiger partial charge is 0.489 e. The third kappa shape index (κ3) is 5.33. The van der Waals surface area contributed by atoms with Crippen molar-refractivity contribution in [3.05, 3.63) is 100 Å². The van der Waals surface area contributed by atoms with E-state index >= 15 is 0 Å². The minimum atomic E-state index is -0.456. The molecule has 0 fully saturated rings. The molecular weight excluding hydrogens is 379 g/mol. The lowest BCUT2D eigenvalue weighted by Gasteiger charge is -2.10. The number of nitriles is 1. The van der Waals surface area contributed by atoms with Crippen molar-refractivity contribution in [1.29, 1.82) is 5.26 Å². The zero-order valence-corrected chi connectivity index (χ0v) is 16.8. The second-order valence-electron chi connectivity index (χ2n) is 6.86. The van der Waals surface area contributed by atoms with Crippen LogP contribution in [0.5, 0.6) is 5.75 Å². The molecule has 4 nitrogen and oxygen atoms in total. The lowest BCUT2D eigenvalue weighted by atomic mass is 10.1. The Bertz CT molecular complexity index is 1110. The Balaban J connectivity index is 1.66. The molecule has 0 atom stereocenters. The summed E-state index contributed by atoms with van der Waals surface area (Å²) >= 11 is 0. The molecule has 1 amide bonds. The Morgan fingerprint density at radius 1 is 1.07 bits per heavy atom. The van der Waals surface area contributed by atoms with E-state index in [4.69, 9.17) is 4.74 Å². The second kappa shape index (κ2) is 9.53. The molecule has 3 rings (SSSR count). The summed E-state index contributed by atoms with van der Waals surface area (Å²) in [5.41, 5.74) is 4.28. The third-order valence-corrected chi connectivity index (χ3v) is 4.73. The number of nitrogens with zero attached hydrogens (tertiary/aromatic N) is 1. The van der Waals surface area contributed by atoms with Crippen molar-refractivity contribution in [1.82, 2.24) is 0 Å². The molecule has 150 valence electrons. The number of rotatable bonds is 6. The van der Waals surface area contributed by atoms with Gasteiger partial charge in [0.05, 0.1) is 0 Å². The molecule has 0 aliphatic carbocycles. The van der Waals surface area contributed by atoms with E-state index < -0.39 is 5.91 Å². The first-order valence-corrected chi connectivity index (χ1v) is 9.43. The van der Waals surface area contributed by atoms with Crippen LogP contribution in [0.15, 0.2) is 72.3 Å². The van der Waals surface area contributed by atoms with Crippen LogP contribution in [0.3, 0.4) is 0 Å². The van der Waals surface area contributed by atoms with Crippen molar-refractivity contribution in [3.8, 4) is 11.8 Å². The Kier molecular flexibility index (Phi) is 6.61. The van der Waals surface area contributed by atoms with Crippen LogP contribution in [0.1, 0.15) is 22.3 Å². The van der Waals surface area contributed by atoms with Gasteiger partial charge in [0.2, 0.25) is 0 Å². The Hall–Kier alpha value is -3.91. The van der Waals surface area contributed by atoms with E-state index in [0.717, 1.165) is 16.7 Å². The molecule has 3 aromatic rings. The van der Waals surface area contributed by atoms with Crippen LogP contribution >= 0.6 is 0 Å². The van der Waals surface area contributed by atoms with Gasteiger partial charge in [0.15, 0.2) is 0 Å². The van der Waals surface area contributed by atoms with Gasteiger partial charge >= 0.3 is 0 Å². The van der Waals surface area contributed by atoms with Crippen molar-refractivity contribution < 1.29 is 13.9 Å². The molecule has 5 heteroatoms. The average molecular weight is 400 g/mol. The van der Waals surface area contributed by atoms with E-state index in [-0.39, 0.29) is 11.4 Å². The van der Waals surface area contributed by atoms with Gasteiger partial charge in [-0.3, -0.25) is 4.79 Å². The van der Waals surface area contributed by atoms with Gasteiger partial charge in [-0.25, -0.2) is 4.39 Å². The smallest absolute Gasteiger partial charge is 0.266 e. The number of hydrogen-bond donors (Lipinski definition) is 1. The van der Waals surface area contributed by atoms with Gasteiger partial charge in [-0.15, -0.1) is 0 Å². The van der Waals surface area contributed by atoms with E-state index in [1.807, 2.05) is 38.1 Å². The zero-order valence-electron chi connectivity index (χ0n) is 16.8. The molecule has 0 saturated heterocycles. The van der Waals surface area contributed by atoms with Gasteiger partial charge in [-0.1, -0.05) is 36.4 Å². The normalized spacial score (nSPS) is 10.9. The maximum atomic E-state index is 12.9. The van der Waals surface area contributed by atoms with E-state index in [9.17, 15) is 14.4 Å². The lowest BCUT2D eigenvalue weighted by molar-refractivity contribution is -0.112. The minimum absolute atomic E-state index is 0.0101. The molecule has 3 aromatic carbocycles. The number of carbonyl (C=O) groups is 1. The van der Waals surface area contributed by atoms with Crippen LogP contribution in [-0.2, 0) is 11.4 Å².